The first kappa shape index (κ1) is 13.0. The van der Waals surface area contributed by atoms with Crippen LogP contribution in [0.5, 0.6) is 0 Å². The Morgan fingerprint density at radius 3 is 2.76 bits per heavy atom. The average Bonchev–Trinajstić information content (AvgIpc) is 2.28. The Bertz CT molecular complexity index is 522. The quantitative estimate of drug-likeness (QED) is 0.384. The number of ether oxygens (including phenoxy) is 1. The van der Waals surface area contributed by atoms with Gasteiger partial charge in [-0.1, -0.05) is 0 Å². The van der Waals surface area contributed by atoms with Crippen molar-refractivity contribution in [3.63, 3.8) is 0 Å². The second kappa shape index (κ2) is 5.32. The van der Waals surface area contributed by atoms with Gasteiger partial charge in [0.15, 0.2) is 0 Å². The van der Waals surface area contributed by atoms with Crippen LogP contribution in [0.1, 0.15) is 22.8 Å². The van der Waals surface area contributed by atoms with E-state index < -0.39 is 10.9 Å². The highest BCUT2D eigenvalue weighted by molar-refractivity contribution is 7.80. The van der Waals surface area contributed by atoms with E-state index in [4.69, 9.17) is 10.00 Å². The summed E-state index contributed by atoms with van der Waals surface area (Å²) in [6.45, 7) is 1.78. The van der Waals surface area contributed by atoms with Crippen molar-refractivity contribution in [1.82, 2.24) is 0 Å². The third-order valence-corrected chi connectivity index (χ3v) is 2.29. The van der Waals surface area contributed by atoms with Gasteiger partial charge in [0, 0.05) is 6.07 Å². The third kappa shape index (κ3) is 2.73. The molecule has 0 aromatic heterocycles. The van der Waals surface area contributed by atoms with E-state index in [9.17, 15) is 14.9 Å². The lowest BCUT2D eigenvalue weighted by molar-refractivity contribution is -0.387. The topological polar surface area (TPSA) is 93.2 Å². The summed E-state index contributed by atoms with van der Waals surface area (Å²) < 4.78 is 4.73. The molecule has 0 unspecified atom stereocenters. The zero-order valence-corrected chi connectivity index (χ0v) is 9.73. The normalized spacial score (nSPS) is 9.47. The fraction of sp³-hybridized carbons (Fsp3) is 0.200. The summed E-state index contributed by atoms with van der Waals surface area (Å²) in [4.78, 5) is 21.5. The van der Waals surface area contributed by atoms with E-state index in [0.29, 0.717) is 0 Å². The second-order valence-corrected chi connectivity index (χ2v) is 3.46. The van der Waals surface area contributed by atoms with Crippen molar-refractivity contribution in [2.75, 3.05) is 6.61 Å². The first-order valence-corrected chi connectivity index (χ1v) is 5.04. The number of nitrogens with zero attached hydrogens (tertiary/aromatic N) is 2. The molecule has 0 aliphatic rings. The van der Waals surface area contributed by atoms with Gasteiger partial charge in [0.1, 0.15) is 6.07 Å². The molecule has 0 aliphatic carbocycles. The predicted octanol–water partition coefficient (Wildman–Crippen LogP) is 1.93. The van der Waals surface area contributed by atoms with Crippen LogP contribution in [-0.4, -0.2) is 17.5 Å². The highest BCUT2D eigenvalue weighted by Gasteiger charge is 2.20. The molecule has 6 nitrogen and oxygen atoms in total. The summed E-state index contributed by atoms with van der Waals surface area (Å²) in [6.07, 6.45) is 0. The molecular formula is C10H8N2O4S. The molecule has 1 rings (SSSR count). The molecule has 0 amide bonds. The van der Waals surface area contributed by atoms with Gasteiger partial charge >= 0.3 is 5.97 Å². The Balaban J connectivity index is 3.34. The van der Waals surface area contributed by atoms with Crippen LogP contribution in [0, 0.1) is 21.4 Å². The van der Waals surface area contributed by atoms with Gasteiger partial charge in [0.05, 0.1) is 27.6 Å². The number of hydrogen-bond acceptors (Lipinski definition) is 6. The lowest BCUT2D eigenvalue weighted by atomic mass is 10.1. The number of thiol groups is 1. The lowest BCUT2D eigenvalue weighted by Gasteiger charge is -2.05. The number of hydrogen-bond donors (Lipinski definition) is 1. The number of carbonyl (C=O) groups excluding carboxylic acids is 1. The highest BCUT2D eigenvalue weighted by Crippen LogP contribution is 2.26. The summed E-state index contributed by atoms with van der Waals surface area (Å²) in [7, 11) is 0. The zero-order chi connectivity index (χ0) is 13.0. The molecule has 0 saturated carbocycles. The number of carbonyl (C=O) groups is 1. The molecule has 1 aromatic carbocycles. The molecule has 0 aliphatic heterocycles. The Morgan fingerprint density at radius 1 is 1.65 bits per heavy atom. The van der Waals surface area contributed by atoms with Crippen molar-refractivity contribution >= 4 is 24.3 Å². The number of nitriles is 1. The van der Waals surface area contributed by atoms with Crippen LogP contribution in [0.25, 0.3) is 0 Å². The van der Waals surface area contributed by atoms with Gasteiger partial charge in [-0.25, -0.2) is 4.79 Å². The molecule has 1 aromatic rings. The molecule has 7 heteroatoms. The summed E-state index contributed by atoms with van der Waals surface area (Å²) in [5.41, 5.74) is -0.448. The average molecular weight is 252 g/mol. The molecule has 0 fully saturated rings. The van der Waals surface area contributed by atoms with Gasteiger partial charge < -0.3 is 4.74 Å². The van der Waals surface area contributed by atoms with Gasteiger partial charge in [-0.15, -0.1) is 12.6 Å². The minimum Gasteiger partial charge on any atom is -0.462 e. The Labute approximate surface area is 102 Å². The lowest BCUT2D eigenvalue weighted by Crippen LogP contribution is -2.08. The van der Waals surface area contributed by atoms with Gasteiger partial charge in [-0.2, -0.15) is 5.26 Å². The molecule has 0 bridgehead atoms. The van der Waals surface area contributed by atoms with Crippen molar-refractivity contribution in [3.05, 3.63) is 33.4 Å². The van der Waals surface area contributed by atoms with Crippen LogP contribution in [0.4, 0.5) is 5.69 Å². The molecule has 0 heterocycles. The first-order chi connectivity index (χ1) is 8.01. The minimum atomic E-state index is -0.700. The smallest absolute Gasteiger partial charge is 0.339 e. The maximum atomic E-state index is 11.5. The van der Waals surface area contributed by atoms with Crippen molar-refractivity contribution in [2.45, 2.75) is 11.8 Å². The zero-order valence-electron chi connectivity index (χ0n) is 8.84. The van der Waals surface area contributed by atoms with Crippen molar-refractivity contribution in [2.24, 2.45) is 0 Å². The Kier molecular flexibility index (Phi) is 4.06. The number of esters is 1. The number of nitro groups is 1. The number of rotatable bonds is 3. The summed E-state index contributed by atoms with van der Waals surface area (Å²) in [6, 6.07) is 3.89. The van der Waals surface area contributed by atoms with Gasteiger partial charge in [-0.3, -0.25) is 10.1 Å². The number of benzene rings is 1. The highest BCUT2D eigenvalue weighted by atomic mass is 32.1. The van der Waals surface area contributed by atoms with E-state index in [1.807, 2.05) is 0 Å². The molecule has 88 valence electrons. The van der Waals surface area contributed by atoms with Gasteiger partial charge in [0.2, 0.25) is 0 Å². The molecule has 0 N–H and O–H groups in total. The second-order valence-electron chi connectivity index (χ2n) is 2.98. The maximum absolute atomic E-state index is 11.5. The molecule has 0 spiro atoms. The summed E-state index contributed by atoms with van der Waals surface area (Å²) >= 11 is 3.90. The number of nitro benzene ring substituents is 1. The van der Waals surface area contributed by atoms with E-state index in [2.05, 4.69) is 12.6 Å². The van der Waals surface area contributed by atoms with Crippen LogP contribution >= 0.6 is 12.6 Å². The summed E-state index contributed by atoms with van der Waals surface area (Å²) in [5, 5.41) is 19.5. The fourth-order valence-electron chi connectivity index (χ4n) is 1.19. The molecule has 0 saturated heterocycles. The van der Waals surface area contributed by atoms with Gasteiger partial charge in [0.25, 0.3) is 5.69 Å². The molecule has 17 heavy (non-hydrogen) atoms. The molecule has 0 radical (unpaired) electrons. The van der Waals surface area contributed by atoms with Crippen LogP contribution in [-0.2, 0) is 4.74 Å². The van der Waals surface area contributed by atoms with Crippen molar-refractivity contribution < 1.29 is 14.5 Å². The SMILES string of the molecule is CCOC(=O)c1cc(S)c([N+](=O)[O-])cc1C#N. The minimum absolute atomic E-state index is 0.0112. The van der Waals surface area contributed by atoms with Crippen molar-refractivity contribution in [1.29, 1.82) is 5.26 Å². The van der Waals surface area contributed by atoms with E-state index in [1.165, 1.54) is 0 Å². The largest absolute Gasteiger partial charge is 0.462 e. The van der Waals surface area contributed by atoms with E-state index >= 15 is 0 Å². The van der Waals surface area contributed by atoms with Crippen molar-refractivity contribution in [3.8, 4) is 6.07 Å². The van der Waals surface area contributed by atoms with E-state index in [0.717, 1.165) is 12.1 Å². The molecular weight excluding hydrogens is 244 g/mol. The molecule has 0 atom stereocenters. The third-order valence-electron chi connectivity index (χ3n) is 1.93. The van der Waals surface area contributed by atoms with Crippen LogP contribution in [0.2, 0.25) is 0 Å². The van der Waals surface area contributed by atoms with E-state index in [1.54, 1.807) is 13.0 Å². The van der Waals surface area contributed by atoms with E-state index in [-0.39, 0.29) is 28.3 Å². The maximum Gasteiger partial charge on any atom is 0.339 e. The summed E-state index contributed by atoms with van der Waals surface area (Å²) in [5.74, 6) is -0.700. The van der Waals surface area contributed by atoms with Gasteiger partial charge in [-0.05, 0) is 13.0 Å². The van der Waals surface area contributed by atoms with Crippen LogP contribution in [0.3, 0.4) is 0 Å². The monoisotopic (exact) mass is 252 g/mol. The fourth-order valence-corrected chi connectivity index (χ4v) is 1.47. The Hall–Kier alpha value is -2.07. The predicted molar refractivity (Wildman–Crippen MR) is 61.0 cm³/mol. The Morgan fingerprint density at radius 2 is 2.29 bits per heavy atom. The first-order valence-electron chi connectivity index (χ1n) is 4.59. The standard InChI is InChI=1S/C10H8N2O4S/c1-2-16-10(13)7-4-9(17)8(12(14)15)3-6(7)5-11/h3-4,17H,2H2,1H3. The van der Waals surface area contributed by atoms with Crippen LogP contribution < -0.4 is 0 Å². The van der Waals surface area contributed by atoms with Crippen LogP contribution in [0.15, 0.2) is 17.0 Å².